The summed E-state index contributed by atoms with van der Waals surface area (Å²) in [6.45, 7) is 2.53. The number of nitrogens with one attached hydrogen (secondary N) is 3. The summed E-state index contributed by atoms with van der Waals surface area (Å²) >= 11 is 0. The summed E-state index contributed by atoms with van der Waals surface area (Å²) in [5, 5.41) is 9.85. The van der Waals surface area contributed by atoms with Crippen LogP contribution in [0.25, 0.3) is 0 Å². The number of amides is 2. The molecule has 7 heteroatoms. The van der Waals surface area contributed by atoms with Crippen molar-refractivity contribution in [3.8, 4) is 0 Å². The average molecular weight is 396 g/mol. The fourth-order valence-corrected chi connectivity index (χ4v) is 4.78. The van der Waals surface area contributed by atoms with E-state index in [1.807, 2.05) is 30.3 Å². The molecule has 1 aliphatic heterocycles. The second-order valence-electron chi connectivity index (χ2n) is 7.90. The maximum absolute atomic E-state index is 12.7. The third kappa shape index (κ3) is 3.99. The normalized spacial score (nSPS) is 27.5. The molecule has 0 radical (unpaired) electrons. The highest BCUT2D eigenvalue weighted by Gasteiger charge is 2.58. The molecule has 2 amide bonds. The van der Waals surface area contributed by atoms with Gasteiger partial charge in [0, 0.05) is 38.9 Å². The Labute approximate surface area is 171 Å². The largest absolute Gasteiger partial charge is 0.385 e. The van der Waals surface area contributed by atoms with Gasteiger partial charge >= 0.3 is 0 Å². The maximum atomic E-state index is 12.7. The van der Waals surface area contributed by atoms with Crippen LogP contribution in [0.4, 0.5) is 5.69 Å². The number of hydrogen-bond donors (Lipinski definition) is 3. The summed E-state index contributed by atoms with van der Waals surface area (Å²) in [4.78, 5) is 31.0. The summed E-state index contributed by atoms with van der Waals surface area (Å²) in [7, 11) is 1.72. The van der Waals surface area contributed by atoms with Gasteiger partial charge in [0.05, 0.1) is 11.8 Å². The lowest BCUT2D eigenvalue weighted by Gasteiger charge is -2.18. The van der Waals surface area contributed by atoms with Crippen LogP contribution in [0.2, 0.25) is 0 Å². The molecule has 4 unspecified atom stereocenters. The number of aliphatic imine (C=N–C) groups is 1. The molecule has 1 aromatic rings. The highest BCUT2D eigenvalue weighted by molar-refractivity contribution is 6.06. The van der Waals surface area contributed by atoms with Gasteiger partial charge in [-0.25, -0.2) is 0 Å². The van der Waals surface area contributed by atoms with Crippen LogP contribution < -0.4 is 16.0 Å². The number of likely N-dealkylation sites (tertiary alicyclic amines) is 1. The molecule has 2 aliphatic carbocycles. The standard InChI is InChI=1S/C22H29N5O2/c1-23-22(25-11-5-10-24-17-6-3-2-4-7-17)26-12-13-27-20(28)18-15-8-9-16(14-15)19(18)21(27)29/h2-4,6-9,15-16,18-19,24H,5,10-14H2,1H3,(H2,23,25,26). The van der Waals surface area contributed by atoms with E-state index < -0.39 is 0 Å². The van der Waals surface area contributed by atoms with E-state index in [4.69, 9.17) is 0 Å². The third-order valence-corrected chi connectivity index (χ3v) is 6.16. The van der Waals surface area contributed by atoms with Gasteiger partial charge < -0.3 is 16.0 Å². The Morgan fingerprint density at radius 2 is 1.66 bits per heavy atom. The van der Waals surface area contributed by atoms with Crippen LogP contribution in [0.1, 0.15) is 12.8 Å². The molecule has 29 heavy (non-hydrogen) atoms. The summed E-state index contributed by atoms with van der Waals surface area (Å²) in [6.07, 6.45) is 6.15. The highest BCUT2D eigenvalue weighted by Crippen LogP contribution is 2.52. The number of allylic oxidation sites excluding steroid dienone is 2. The second kappa shape index (κ2) is 8.68. The lowest BCUT2D eigenvalue weighted by Crippen LogP contribution is -2.44. The van der Waals surface area contributed by atoms with Gasteiger partial charge in [-0.1, -0.05) is 30.4 Å². The molecule has 0 aromatic heterocycles. The predicted octanol–water partition coefficient (Wildman–Crippen LogP) is 1.46. The number of imide groups is 1. The Morgan fingerprint density at radius 1 is 1.00 bits per heavy atom. The molecular weight excluding hydrogens is 366 g/mol. The number of nitrogens with zero attached hydrogens (tertiary/aromatic N) is 2. The van der Waals surface area contributed by atoms with Crippen LogP contribution in [0.3, 0.4) is 0 Å². The zero-order chi connectivity index (χ0) is 20.2. The molecule has 4 rings (SSSR count). The van der Waals surface area contributed by atoms with Crippen LogP contribution in [0.5, 0.6) is 0 Å². The lowest BCUT2D eigenvalue weighted by molar-refractivity contribution is -0.140. The van der Waals surface area contributed by atoms with E-state index in [0.29, 0.717) is 19.0 Å². The van der Waals surface area contributed by atoms with Crippen molar-refractivity contribution in [3.63, 3.8) is 0 Å². The fourth-order valence-electron chi connectivity index (χ4n) is 4.78. The number of benzene rings is 1. The molecule has 1 aromatic carbocycles. The van der Waals surface area contributed by atoms with E-state index in [1.165, 1.54) is 4.90 Å². The van der Waals surface area contributed by atoms with Crippen LogP contribution in [-0.4, -0.2) is 55.9 Å². The lowest BCUT2D eigenvalue weighted by atomic mass is 9.85. The van der Waals surface area contributed by atoms with E-state index in [-0.39, 0.29) is 35.5 Å². The third-order valence-electron chi connectivity index (χ3n) is 6.16. The predicted molar refractivity (Wildman–Crippen MR) is 113 cm³/mol. The minimum Gasteiger partial charge on any atom is -0.385 e. The number of anilines is 1. The minimum atomic E-state index is -0.118. The van der Waals surface area contributed by atoms with Crippen LogP contribution in [0.15, 0.2) is 47.5 Å². The number of guanidine groups is 1. The monoisotopic (exact) mass is 395 g/mol. The Morgan fingerprint density at radius 3 is 2.31 bits per heavy atom. The van der Waals surface area contributed by atoms with Gasteiger partial charge in [-0.3, -0.25) is 19.5 Å². The van der Waals surface area contributed by atoms with E-state index in [9.17, 15) is 9.59 Å². The number of hydrogen-bond acceptors (Lipinski definition) is 4. The number of para-hydroxylation sites is 1. The van der Waals surface area contributed by atoms with Crippen molar-refractivity contribution in [2.75, 3.05) is 38.5 Å². The van der Waals surface area contributed by atoms with Gasteiger partial charge in [0.25, 0.3) is 0 Å². The molecule has 1 saturated heterocycles. The van der Waals surface area contributed by atoms with Gasteiger partial charge in [0.15, 0.2) is 5.96 Å². The first kappa shape index (κ1) is 19.5. The summed E-state index contributed by atoms with van der Waals surface area (Å²) in [5.41, 5.74) is 1.11. The molecule has 4 atom stereocenters. The van der Waals surface area contributed by atoms with Gasteiger partial charge in [-0.05, 0) is 36.8 Å². The molecule has 2 fully saturated rings. The first-order valence-corrected chi connectivity index (χ1v) is 10.5. The Kier molecular flexibility index (Phi) is 5.83. The first-order chi connectivity index (χ1) is 14.2. The number of carbonyl (C=O) groups is 2. The van der Waals surface area contributed by atoms with Crippen molar-refractivity contribution in [3.05, 3.63) is 42.5 Å². The summed E-state index contributed by atoms with van der Waals surface area (Å²) in [6, 6.07) is 10.1. The Hall–Kier alpha value is -2.83. The van der Waals surface area contributed by atoms with E-state index in [0.717, 1.165) is 31.6 Å². The van der Waals surface area contributed by atoms with Crippen molar-refractivity contribution < 1.29 is 9.59 Å². The Bertz CT molecular complexity index is 777. The zero-order valence-corrected chi connectivity index (χ0v) is 16.8. The van der Waals surface area contributed by atoms with Crippen molar-refractivity contribution in [1.29, 1.82) is 0 Å². The molecule has 1 heterocycles. The smallest absolute Gasteiger partial charge is 0.233 e. The number of carbonyl (C=O) groups excluding carboxylic acids is 2. The summed E-state index contributed by atoms with van der Waals surface area (Å²) in [5.74, 6) is 0.990. The van der Waals surface area contributed by atoms with Crippen molar-refractivity contribution in [2.24, 2.45) is 28.7 Å². The number of rotatable bonds is 8. The van der Waals surface area contributed by atoms with Gasteiger partial charge in [-0.15, -0.1) is 0 Å². The van der Waals surface area contributed by atoms with Crippen LogP contribution in [-0.2, 0) is 9.59 Å². The fraction of sp³-hybridized carbons (Fsp3) is 0.500. The Balaban J connectivity index is 1.15. The molecule has 154 valence electrons. The van der Waals surface area contributed by atoms with Crippen LogP contribution in [0, 0.1) is 23.7 Å². The van der Waals surface area contributed by atoms with Crippen LogP contribution >= 0.6 is 0 Å². The SMILES string of the molecule is CN=C(NCCCNc1ccccc1)NCCN1C(=O)C2C3C=CC(C3)C2C1=O. The highest BCUT2D eigenvalue weighted by atomic mass is 16.2. The number of fused-ring (bicyclic) bond motifs is 5. The maximum Gasteiger partial charge on any atom is 0.233 e. The zero-order valence-electron chi connectivity index (χ0n) is 16.8. The molecule has 2 bridgehead atoms. The molecule has 1 saturated carbocycles. The topological polar surface area (TPSA) is 85.8 Å². The van der Waals surface area contributed by atoms with Crippen molar-refractivity contribution in [2.45, 2.75) is 12.8 Å². The summed E-state index contributed by atoms with van der Waals surface area (Å²) < 4.78 is 0. The second-order valence-corrected chi connectivity index (χ2v) is 7.90. The molecular formula is C22H29N5O2. The van der Waals surface area contributed by atoms with Gasteiger partial charge in [0.2, 0.25) is 11.8 Å². The van der Waals surface area contributed by atoms with Crippen molar-refractivity contribution in [1.82, 2.24) is 15.5 Å². The molecule has 0 spiro atoms. The molecule has 3 N–H and O–H groups in total. The van der Waals surface area contributed by atoms with E-state index in [2.05, 4.69) is 33.1 Å². The van der Waals surface area contributed by atoms with E-state index in [1.54, 1.807) is 7.05 Å². The minimum absolute atomic E-state index is 0.00795. The van der Waals surface area contributed by atoms with E-state index >= 15 is 0 Å². The molecule has 3 aliphatic rings. The average Bonchev–Trinajstić information content (AvgIpc) is 3.42. The van der Waals surface area contributed by atoms with Gasteiger partial charge in [-0.2, -0.15) is 0 Å². The molecule has 7 nitrogen and oxygen atoms in total. The van der Waals surface area contributed by atoms with Crippen molar-refractivity contribution >= 4 is 23.5 Å². The van der Waals surface area contributed by atoms with Gasteiger partial charge in [0.1, 0.15) is 0 Å². The first-order valence-electron chi connectivity index (χ1n) is 10.5. The quantitative estimate of drug-likeness (QED) is 0.204.